The van der Waals surface area contributed by atoms with Crippen LogP contribution in [0.5, 0.6) is 17.2 Å². The smallest absolute Gasteiger partial charge is 0.199 e. The second-order valence-corrected chi connectivity index (χ2v) is 15.8. The SMILES string of the molecule is Cc1ccc(S(=O)(=O)[O-])cc1.c1ccc(COc2ccc([S+](c3ccc(OC4CCCCO4)cc3)c3ccc(OC4CCCCO4)cc3)cc2)nc1. The molecule has 7 rings (SSSR count). The van der Waals surface area contributed by atoms with Crippen LogP contribution in [-0.4, -0.2) is 43.7 Å². The highest BCUT2D eigenvalue weighted by atomic mass is 32.2. The molecule has 2 aliphatic rings. The van der Waals surface area contributed by atoms with Crippen LogP contribution in [0.1, 0.15) is 49.8 Å². The monoisotopic (exact) mass is 741 g/mol. The van der Waals surface area contributed by atoms with Crippen molar-refractivity contribution in [1.82, 2.24) is 4.98 Å². The first-order chi connectivity index (χ1) is 25.3. The Kier molecular flexibility index (Phi) is 13.2. The van der Waals surface area contributed by atoms with Gasteiger partial charge < -0.3 is 28.2 Å². The largest absolute Gasteiger partial charge is 0.744 e. The van der Waals surface area contributed by atoms with E-state index in [0.29, 0.717) is 6.61 Å². The number of hydrogen-bond acceptors (Lipinski definition) is 9. The normalized spacial score (nSPS) is 18.0. The van der Waals surface area contributed by atoms with E-state index in [2.05, 4.69) is 65.6 Å². The van der Waals surface area contributed by atoms with Gasteiger partial charge in [0.05, 0.1) is 34.7 Å². The molecule has 0 aliphatic carbocycles. The highest BCUT2D eigenvalue weighted by Gasteiger charge is 2.29. The molecule has 2 aliphatic heterocycles. The van der Waals surface area contributed by atoms with Crippen LogP contribution in [0.25, 0.3) is 0 Å². The number of rotatable bonds is 11. The number of aromatic nitrogens is 1. The Balaban J connectivity index is 0.000000362. The molecule has 0 amide bonds. The lowest BCUT2D eigenvalue weighted by molar-refractivity contribution is -0.106. The van der Waals surface area contributed by atoms with Gasteiger partial charge in [0.2, 0.25) is 0 Å². The number of aryl methyl sites for hydroxylation is 1. The van der Waals surface area contributed by atoms with Crippen LogP contribution in [0.4, 0.5) is 0 Å². The molecule has 2 unspecified atom stereocenters. The third-order valence-corrected chi connectivity index (χ3v) is 11.5. The Hall–Kier alpha value is -4.39. The van der Waals surface area contributed by atoms with Gasteiger partial charge in [0.25, 0.3) is 0 Å². The van der Waals surface area contributed by atoms with E-state index < -0.39 is 10.1 Å². The summed E-state index contributed by atoms with van der Waals surface area (Å²) in [6.45, 7) is 3.78. The fraction of sp³-hybridized carbons (Fsp3) is 0.293. The maximum absolute atomic E-state index is 10.4. The number of benzene rings is 4. The third-order valence-electron chi connectivity index (χ3n) is 8.41. The molecule has 272 valence electrons. The Labute approximate surface area is 309 Å². The molecule has 9 nitrogen and oxygen atoms in total. The highest BCUT2D eigenvalue weighted by molar-refractivity contribution is 7.97. The average molecular weight is 742 g/mol. The fourth-order valence-corrected chi connectivity index (χ4v) is 8.16. The van der Waals surface area contributed by atoms with E-state index >= 15 is 0 Å². The van der Waals surface area contributed by atoms with Crippen LogP contribution in [0.15, 0.2) is 141 Å². The quantitative estimate of drug-likeness (QED) is 0.0971. The van der Waals surface area contributed by atoms with Crippen molar-refractivity contribution in [1.29, 1.82) is 0 Å². The van der Waals surface area contributed by atoms with Crippen molar-refractivity contribution < 1.29 is 36.7 Å². The second kappa shape index (κ2) is 18.4. The predicted molar refractivity (Wildman–Crippen MR) is 198 cm³/mol. The molecular weight excluding hydrogens is 699 g/mol. The summed E-state index contributed by atoms with van der Waals surface area (Å²) in [5, 5.41) is 0. The lowest BCUT2D eigenvalue weighted by Gasteiger charge is -2.23. The zero-order valence-electron chi connectivity index (χ0n) is 29.1. The molecule has 2 atom stereocenters. The number of pyridine rings is 1. The Morgan fingerprint density at radius 1 is 0.673 bits per heavy atom. The first kappa shape index (κ1) is 37.4. The van der Waals surface area contributed by atoms with Gasteiger partial charge in [0.1, 0.15) is 34.0 Å². The molecule has 2 fully saturated rings. The summed E-state index contributed by atoms with van der Waals surface area (Å²) in [6, 6.07) is 36.8. The van der Waals surface area contributed by atoms with E-state index in [9.17, 15) is 13.0 Å². The van der Waals surface area contributed by atoms with Gasteiger partial charge in [0, 0.05) is 19.0 Å². The van der Waals surface area contributed by atoms with Crippen LogP contribution < -0.4 is 14.2 Å². The van der Waals surface area contributed by atoms with E-state index in [1.165, 1.54) is 26.8 Å². The van der Waals surface area contributed by atoms with Gasteiger partial charge in [-0.05, 0) is 130 Å². The third kappa shape index (κ3) is 11.1. The van der Waals surface area contributed by atoms with Crippen molar-refractivity contribution in [3.05, 3.63) is 133 Å². The van der Waals surface area contributed by atoms with E-state index in [-0.39, 0.29) is 28.4 Å². The summed E-state index contributed by atoms with van der Waals surface area (Å²) in [4.78, 5) is 7.77. The highest BCUT2D eigenvalue weighted by Crippen LogP contribution is 2.35. The van der Waals surface area contributed by atoms with Crippen molar-refractivity contribution in [2.45, 2.75) is 84.2 Å². The lowest BCUT2D eigenvalue weighted by atomic mass is 10.2. The second-order valence-electron chi connectivity index (χ2n) is 12.4. The lowest BCUT2D eigenvalue weighted by Crippen LogP contribution is -2.25. The minimum Gasteiger partial charge on any atom is -0.744 e. The first-order valence-electron chi connectivity index (χ1n) is 17.5. The van der Waals surface area contributed by atoms with Crippen molar-refractivity contribution >= 4 is 21.0 Å². The molecule has 52 heavy (non-hydrogen) atoms. The first-order valence-corrected chi connectivity index (χ1v) is 20.1. The van der Waals surface area contributed by atoms with Crippen molar-refractivity contribution in [3.63, 3.8) is 0 Å². The van der Waals surface area contributed by atoms with Crippen LogP contribution in [-0.2, 0) is 37.1 Å². The molecule has 0 radical (unpaired) electrons. The van der Waals surface area contributed by atoms with Crippen molar-refractivity contribution in [2.75, 3.05) is 13.2 Å². The van der Waals surface area contributed by atoms with Crippen LogP contribution >= 0.6 is 0 Å². The van der Waals surface area contributed by atoms with Gasteiger partial charge in [0.15, 0.2) is 27.3 Å². The standard InChI is InChI=1S/C34H36NO5S.C7H8O3S/c1-4-22-35-26(7-1)25-38-27-10-16-30(17-11-27)41(31-18-12-28(13-19-31)39-33-8-2-5-23-36-33)32-20-14-29(15-21-32)40-34-9-3-6-24-37-34;1-6-2-4-7(5-3-6)11(8,9)10/h1,4,7,10-22,33-34H,2-3,5-6,8-9,23-25H2;2-5H,1H3,(H,8,9,10)/q+1;/p-1. The molecule has 0 saturated carbocycles. The summed E-state index contributed by atoms with van der Waals surface area (Å²) in [5.74, 6) is 2.48. The molecular formula is C41H43NO8S2. The molecule has 0 bridgehead atoms. The number of nitrogens with zero attached hydrogens (tertiary/aromatic N) is 1. The zero-order chi connectivity index (χ0) is 36.2. The van der Waals surface area contributed by atoms with Gasteiger partial charge in [-0.2, -0.15) is 0 Å². The van der Waals surface area contributed by atoms with Gasteiger partial charge in [-0.3, -0.25) is 4.98 Å². The van der Waals surface area contributed by atoms with Gasteiger partial charge in [-0.1, -0.05) is 23.8 Å². The number of hydrogen-bond donors (Lipinski definition) is 0. The van der Waals surface area contributed by atoms with E-state index in [1.807, 2.05) is 37.3 Å². The van der Waals surface area contributed by atoms with Crippen LogP contribution in [0, 0.1) is 6.92 Å². The van der Waals surface area contributed by atoms with E-state index in [0.717, 1.165) is 80.2 Å². The molecule has 1 aromatic heterocycles. The maximum atomic E-state index is 10.4. The minimum absolute atomic E-state index is 0.160. The van der Waals surface area contributed by atoms with Crippen LogP contribution in [0.2, 0.25) is 0 Å². The Bertz CT molecular complexity index is 1850. The van der Waals surface area contributed by atoms with E-state index in [1.54, 1.807) is 18.3 Å². The van der Waals surface area contributed by atoms with Gasteiger partial charge in [-0.25, -0.2) is 8.42 Å². The van der Waals surface area contributed by atoms with E-state index in [4.69, 9.17) is 23.7 Å². The summed E-state index contributed by atoms with van der Waals surface area (Å²) in [7, 11) is -4.60. The summed E-state index contributed by atoms with van der Waals surface area (Å²) < 4.78 is 60.9. The Morgan fingerprint density at radius 2 is 1.17 bits per heavy atom. The Morgan fingerprint density at radius 3 is 1.60 bits per heavy atom. The van der Waals surface area contributed by atoms with Crippen molar-refractivity contribution in [2.24, 2.45) is 0 Å². The van der Waals surface area contributed by atoms with Gasteiger partial charge in [-0.15, -0.1) is 0 Å². The predicted octanol–water partition coefficient (Wildman–Crippen LogP) is 8.47. The molecule has 3 heterocycles. The molecule has 11 heteroatoms. The summed E-state index contributed by atoms with van der Waals surface area (Å²) in [6.07, 6.45) is 7.81. The van der Waals surface area contributed by atoms with Crippen LogP contribution in [0.3, 0.4) is 0 Å². The topological polar surface area (TPSA) is 116 Å². The average Bonchev–Trinajstić information content (AvgIpc) is 3.17. The maximum Gasteiger partial charge on any atom is 0.199 e. The molecule has 0 spiro atoms. The summed E-state index contributed by atoms with van der Waals surface area (Å²) >= 11 is 0. The minimum atomic E-state index is -4.27. The molecule has 0 N–H and O–H groups in total. The van der Waals surface area contributed by atoms with Gasteiger partial charge >= 0.3 is 0 Å². The van der Waals surface area contributed by atoms with Crippen molar-refractivity contribution in [3.8, 4) is 17.2 Å². The molecule has 2 saturated heterocycles. The number of ether oxygens (including phenoxy) is 5. The molecule has 4 aromatic carbocycles. The zero-order valence-corrected chi connectivity index (χ0v) is 30.7. The molecule has 5 aromatic rings. The summed E-state index contributed by atoms with van der Waals surface area (Å²) in [5.41, 5.74) is 1.83. The fourth-order valence-electron chi connectivity index (χ4n) is 5.65.